The Bertz CT molecular complexity index is 335. The lowest BCUT2D eigenvalue weighted by atomic mass is 10.1. The molecule has 1 unspecified atom stereocenters. The van der Waals surface area contributed by atoms with Gasteiger partial charge in [0.2, 0.25) is 0 Å². The van der Waals surface area contributed by atoms with E-state index in [1.54, 1.807) is 0 Å². The van der Waals surface area contributed by atoms with Crippen molar-refractivity contribution in [3.8, 4) is 0 Å². The van der Waals surface area contributed by atoms with Crippen LogP contribution in [0.2, 0.25) is 0 Å². The minimum atomic E-state index is 0.686. The normalized spacial score (nSPS) is 20.4. The second kappa shape index (κ2) is 7.14. The van der Waals surface area contributed by atoms with Crippen molar-refractivity contribution in [1.82, 2.24) is 10.6 Å². The van der Waals surface area contributed by atoms with E-state index in [-0.39, 0.29) is 0 Å². The quantitative estimate of drug-likeness (QED) is 0.817. The number of benzene rings is 1. The predicted octanol–water partition coefficient (Wildman–Crippen LogP) is 2.72. The van der Waals surface area contributed by atoms with E-state index in [0.29, 0.717) is 6.04 Å². The highest BCUT2D eigenvalue weighted by Gasteiger charge is 2.10. The largest absolute Gasteiger partial charge is 0.315 e. The van der Waals surface area contributed by atoms with Crippen LogP contribution in [-0.2, 0) is 6.42 Å². The van der Waals surface area contributed by atoms with Crippen LogP contribution in [0.4, 0.5) is 0 Å². The summed E-state index contributed by atoms with van der Waals surface area (Å²) in [5.41, 5.74) is 1.39. The molecule has 1 aromatic rings. The maximum Gasteiger partial charge on any atom is 0.0192 e. The van der Waals surface area contributed by atoms with Gasteiger partial charge in [-0.1, -0.05) is 34.5 Å². The molecule has 0 amide bonds. The zero-order valence-electron chi connectivity index (χ0n) is 10.2. The summed E-state index contributed by atoms with van der Waals surface area (Å²) >= 11 is 3.50. The van der Waals surface area contributed by atoms with Crippen LogP contribution in [0.5, 0.6) is 0 Å². The molecule has 2 nitrogen and oxygen atoms in total. The van der Waals surface area contributed by atoms with Gasteiger partial charge in [-0.05, 0) is 50.0 Å². The van der Waals surface area contributed by atoms with Gasteiger partial charge >= 0.3 is 0 Å². The van der Waals surface area contributed by atoms with Gasteiger partial charge in [0, 0.05) is 17.1 Å². The van der Waals surface area contributed by atoms with Gasteiger partial charge in [-0.25, -0.2) is 0 Å². The fourth-order valence-corrected chi connectivity index (χ4v) is 2.75. The van der Waals surface area contributed by atoms with Crippen LogP contribution < -0.4 is 10.6 Å². The monoisotopic (exact) mass is 296 g/mol. The lowest BCUT2D eigenvalue weighted by Crippen LogP contribution is -2.42. The number of piperidine rings is 1. The average Bonchev–Trinajstić information content (AvgIpc) is 2.36. The first-order valence-electron chi connectivity index (χ1n) is 6.53. The zero-order valence-corrected chi connectivity index (χ0v) is 11.8. The second-order valence-corrected chi connectivity index (χ2v) is 5.65. The Morgan fingerprint density at radius 2 is 2.29 bits per heavy atom. The zero-order chi connectivity index (χ0) is 11.9. The highest BCUT2D eigenvalue weighted by molar-refractivity contribution is 9.10. The van der Waals surface area contributed by atoms with E-state index in [9.17, 15) is 0 Å². The molecule has 0 aliphatic carbocycles. The first kappa shape index (κ1) is 13.1. The van der Waals surface area contributed by atoms with Crippen LogP contribution in [-0.4, -0.2) is 25.7 Å². The van der Waals surface area contributed by atoms with E-state index in [4.69, 9.17) is 0 Å². The molecule has 0 spiro atoms. The van der Waals surface area contributed by atoms with Crippen LogP contribution in [0.3, 0.4) is 0 Å². The van der Waals surface area contributed by atoms with Gasteiger partial charge in [-0.2, -0.15) is 0 Å². The summed E-state index contributed by atoms with van der Waals surface area (Å²) in [5.74, 6) is 0. The molecule has 1 atom stereocenters. The minimum Gasteiger partial charge on any atom is -0.315 e. The molecular formula is C14H21BrN2. The molecule has 0 saturated carbocycles. The summed E-state index contributed by atoms with van der Waals surface area (Å²) < 4.78 is 1.17. The molecule has 0 aromatic heterocycles. The highest BCUT2D eigenvalue weighted by atomic mass is 79.9. The van der Waals surface area contributed by atoms with E-state index in [0.717, 1.165) is 19.5 Å². The Hall–Kier alpha value is -0.380. The molecule has 3 heteroatoms. The van der Waals surface area contributed by atoms with Crippen LogP contribution in [0.25, 0.3) is 0 Å². The Morgan fingerprint density at radius 3 is 3.06 bits per heavy atom. The van der Waals surface area contributed by atoms with E-state index in [1.807, 2.05) is 0 Å². The Labute approximate surface area is 112 Å². The van der Waals surface area contributed by atoms with Gasteiger partial charge in [0.25, 0.3) is 0 Å². The van der Waals surface area contributed by atoms with Gasteiger partial charge in [-0.3, -0.25) is 0 Å². The average molecular weight is 297 g/mol. The molecule has 1 aliphatic heterocycles. The van der Waals surface area contributed by atoms with Crippen LogP contribution >= 0.6 is 15.9 Å². The summed E-state index contributed by atoms with van der Waals surface area (Å²) in [4.78, 5) is 0. The van der Waals surface area contributed by atoms with E-state index < -0.39 is 0 Å². The van der Waals surface area contributed by atoms with Crippen LogP contribution in [0, 0.1) is 0 Å². The molecule has 2 rings (SSSR count). The van der Waals surface area contributed by atoms with Crippen molar-refractivity contribution in [3.05, 3.63) is 34.3 Å². The standard InChI is InChI=1S/C14H21BrN2/c15-13-5-3-4-12(10-13)7-9-16-11-14-6-1-2-8-17-14/h3-5,10,14,16-17H,1-2,6-9,11H2. The van der Waals surface area contributed by atoms with Crippen molar-refractivity contribution in [2.24, 2.45) is 0 Å². The van der Waals surface area contributed by atoms with Gasteiger partial charge in [0.05, 0.1) is 0 Å². The van der Waals surface area contributed by atoms with Crippen molar-refractivity contribution in [2.45, 2.75) is 31.7 Å². The second-order valence-electron chi connectivity index (χ2n) is 4.73. The first-order valence-corrected chi connectivity index (χ1v) is 7.32. The van der Waals surface area contributed by atoms with Gasteiger partial charge in [0.1, 0.15) is 0 Å². The Morgan fingerprint density at radius 1 is 1.35 bits per heavy atom. The fraction of sp³-hybridized carbons (Fsp3) is 0.571. The summed E-state index contributed by atoms with van der Waals surface area (Å²) in [6.45, 7) is 3.36. The number of rotatable bonds is 5. The molecular weight excluding hydrogens is 276 g/mol. The van der Waals surface area contributed by atoms with Crippen molar-refractivity contribution >= 4 is 15.9 Å². The summed E-state index contributed by atoms with van der Waals surface area (Å²) in [6, 6.07) is 9.24. The smallest absolute Gasteiger partial charge is 0.0192 e. The Kier molecular flexibility index (Phi) is 5.49. The number of hydrogen-bond donors (Lipinski definition) is 2. The van der Waals surface area contributed by atoms with Crippen LogP contribution in [0.15, 0.2) is 28.7 Å². The first-order chi connectivity index (χ1) is 8.34. The lowest BCUT2D eigenvalue weighted by molar-refractivity contribution is 0.384. The molecule has 1 fully saturated rings. The number of hydrogen-bond acceptors (Lipinski definition) is 2. The van der Waals surface area contributed by atoms with Crippen molar-refractivity contribution in [1.29, 1.82) is 0 Å². The Balaban J connectivity index is 1.62. The van der Waals surface area contributed by atoms with Gasteiger partial charge in [-0.15, -0.1) is 0 Å². The van der Waals surface area contributed by atoms with Crippen molar-refractivity contribution in [3.63, 3.8) is 0 Å². The van der Waals surface area contributed by atoms with E-state index in [2.05, 4.69) is 50.8 Å². The third-order valence-electron chi connectivity index (χ3n) is 3.28. The predicted molar refractivity (Wildman–Crippen MR) is 76.4 cm³/mol. The third kappa shape index (κ3) is 4.78. The molecule has 0 bridgehead atoms. The molecule has 1 aromatic carbocycles. The third-order valence-corrected chi connectivity index (χ3v) is 3.78. The molecule has 1 aliphatic rings. The molecule has 1 saturated heterocycles. The van der Waals surface area contributed by atoms with E-state index >= 15 is 0 Å². The molecule has 1 heterocycles. The minimum absolute atomic E-state index is 0.686. The van der Waals surface area contributed by atoms with Crippen LogP contribution in [0.1, 0.15) is 24.8 Å². The lowest BCUT2D eigenvalue weighted by Gasteiger charge is -2.23. The molecule has 2 N–H and O–H groups in total. The SMILES string of the molecule is Brc1cccc(CCNCC2CCCCN2)c1. The maximum absolute atomic E-state index is 3.56. The van der Waals surface area contributed by atoms with Gasteiger partial charge in [0.15, 0.2) is 0 Å². The van der Waals surface area contributed by atoms with E-state index in [1.165, 1.54) is 35.8 Å². The molecule has 0 radical (unpaired) electrons. The van der Waals surface area contributed by atoms with Crippen molar-refractivity contribution < 1.29 is 0 Å². The molecule has 94 valence electrons. The summed E-state index contributed by atoms with van der Waals surface area (Å²) in [6.07, 6.45) is 5.15. The van der Waals surface area contributed by atoms with Crippen molar-refractivity contribution in [2.75, 3.05) is 19.6 Å². The maximum atomic E-state index is 3.56. The highest BCUT2D eigenvalue weighted by Crippen LogP contribution is 2.11. The van der Waals surface area contributed by atoms with Gasteiger partial charge < -0.3 is 10.6 Å². The summed E-state index contributed by atoms with van der Waals surface area (Å²) in [5, 5.41) is 7.10. The summed E-state index contributed by atoms with van der Waals surface area (Å²) in [7, 11) is 0. The topological polar surface area (TPSA) is 24.1 Å². The number of nitrogens with one attached hydrogen (secondary N) is 2. The molecule has 17 heavy (non-hydrogen) atoms. The fourth-order valence-electron chi connectivity index (χ4n) is 2.30. The number of halogens is 1.